The molecule has 0 fully saturated rings. The molecule has 152 valence electrons. The topological polar surface area (TPSA) is 94.0 Å². The highest BCUT2D eigenvalue weighted by Gasteiger charge is 2.24. The molecule has 0 radical (unpaired) electrons. The smallest absolute Gasteiger partial charge is 0.288 e. The van der Waals surface area contributed by atoms with Gasteiger partial charge in [0.05, 0.1) is 19.7 Å². The first-order chi connectivity index (χ1) is 13.7. The van der Waals surface area contributed by atoms with Crippen molar-refractivity contribution in [2.75, 3.05) is 19.5 Å². The first-order valence-corrected chi connectivity index (χ1v) is 9.06. The molecule has 0 bridgehead atoms. The average molecular weight is 396 g/mol. The minimum atomic E-state index is -0.435. The number of anilines is 1. The summed E-state index contributed by atoms with van der Waals surface area (Å²) >= 11 is 0. The molecule has 0 aliphatic heterocycles. The number of carbonyl (C=O) groups is 2. The van der Waals surface area contributed by atoms with E-state index in [1.54, 1.807) is 47.0 Å². The molecule has 3 rings (SSSR count). The summed E-state index contributed by atoms with van der Waals surface area (Å²) < 4.78 is 12.1. The lowest BCUT2D eigenvalue weighted by atomic mass is 10.1. The normalized spacial score (nSPS) is 11.2. The third kappa shape index (κ3) is 4.31. The van der Waals surface area contributed by atoms with Crippen LogP contribution in [-0.2, 0) is 0 Å². The Morgan fingerprint density at radius 2 is 1.72 bits per heavy atom. The van der Waals surface area contributed by atoms with Gasteiger partial charge < -0.3 is 20.1 Å². The van der Waals surface area contributed by atoms with Gasteiger partial charge in [-0.1, -0.05) is 6.07 Å². The van der Waals surface area contributed by atoms with Gasteiger partial charge in [0.25, 0.3) is 11.8 Å². The number of nitrogens with one attached hydrogen (secondary N) is 2. The lowest BCUT2D eigenvalue weighted by Crippen LogP contribution is -2.41. The third-order valence-electron chi connectivity index (χ3n) is 4.10. The number of hydrogen-bond acceptors (Lipinski definition) is 5. The van der Waals surface area contributed by atoms with Gasteiger partial charge >= 0.3 is 0 Å². The number of fused-ring (bicyclic) bond motifs is 1. The molecule has 0 aliphatic rings. The molecular formula is C21H24N4O4. The second kappa shape index (κ2) is 7.83. The van der Waals surface area contributed by atoms with Crippen LogP contribution in [0.3, 0.4) is 0 Å². The van der Waals surface area contributed by atoms with Crippen molar-refractivity contribution in [3.63, 3.8) is 0 Å². The molecule has 0 saturated heterocycles. The minimum Gasteiger partial charge on any atom is -0.493 e. The van der Waals surface area contributed by atoms with E-state index < -0.39 is 11.4 Å². The zero-order valence-corrected chi connectivity index (χ0v) is 17.1. The molecule has 0 aliphatic carbocycles. The highest BCUT2D eigenvalue weighted by Crippen LogP contribution is 2.30. The second-order valence-electron chi connectivity index (χ2n) is 7.47. The van der Waals surface area contributed by atoms with Gasteiger partial charge in [0, 0.05) is 23.5 Å². The molecule has 2 amide bonds. The highest BCUT2D eigenvalue weighted by molar-refractivity contribution is 6.09. The third-order valence-corrected chi connectivity index (χ3v) is 4.10. The maximum atomic E-state index is 12.9. The van der Waals surface area contributed by atoms with Crippen LogP contribution in [0.2, 0.25) is 0 Å². The summed E-state index contributed by atoms with van der Waals surface area (Å²) in [4.78, 5) is 29.9. The largest absolute Gasteiger partial charge is 0.493 e. The van der Waals surface area contributed by atoms with Crippen LogP contribution in [-0.4, -0.2) is 41.0 Å². The zero-order chi connectivity index (χ0) is 21.2. The summed E-state index contributed by atoms with van der Waals surface area (Å²) in [6.07, 6.45) is 1.70. The number of benzene rings is 1. The minimum absolute atomic E-state index is 0.146. The fourth-order valence-corrected chi connectivity index (χ4v) is 2.87. The average Bonchev–Trinajstić information content (AvgIpc) is 3.06. The van der Waals surface area contributed by atoms with E-state index in [2.05, 4.69) is 15.6 Å². The van der Waals surface area contributed by atoms with Crippen LogP contribution in [0.1, 0.15) is 41.9 Å². The lowest BCUT2D eigenvalue weighted by molar-refractivity contribution is 0.0908. The van der Waals surface area contributed by atoms with E-state index in [1.807, 2.05) is 20.8 Å². The highest BCUT2D eigenvalue weighted by atomic mass is 16.5. The van der Waals surface area contributed by atoms with Gasteiger partial charge in [-0.15, -0.1) is 0 Å². The van der Waals surface area contributed by atoms with Crippen LogP contribution in [0.25, 0.3) is 5.52 Å². The van der Waals surface area contributed by atoms with Crippen LogP contribution in [0.15, 0.2) is 42.6 Å². The predicted octanol–water partition coefficient (Wildman–Crippen LogP) is 3.13. The van der Waals surface area contributed by atoms with Crippen molar-refractivity contribution in [1.82, 2.24) is 14.7 Å². The van der Waals surface area contributed by atoms with Gasteiger partial charge in [-0.05, 0) is 45.0 Å². The SMILES string of the molecule is COc1ccc(NC(=O)c2nc(C(=O)NC(C)(C)C)n3ccccc23)cc1OC. The fourth-order valence-electron chi connectivity index (χ4n) is 2.87. The molecule has 8 heteroatoms. The quantitative estimate of drug-likeness (QED) is 0.691. The molecule has 0 atom stereocenters. The lowest BCUT2D eigenvalue weighted by Gasteiger charge is -2.19. The van der Waals surface area contributed by atoms with E-state index in [-0.39, 0.29) is 17.4 Å². The Bertz CT molecular complexity index is 1070. The predicted molar refractivity (Wildman–Crippen MR) is 110 cm³/mol. The van der Waals surface area contributed by atoms with Crippen LogP contribution in [0.4, 0.5) is 5.69 Å². The molecule has 29 heavy (non-hydrogen) atoms. The Morgan fingerprint density at radius 1 is 1.00 bits per heavy atom. The molecule has 0 saturated carbocycles. The number of imidazole rings is 1. The van der Waals surface area contributed by atoms with Crippen molar-refractivity contribution >= 4 is 23.0 Å². The van der Waals surface area contributed by atoms with E-state index in [9.17, 15) is 9.59 Å². The van der Waals surface area contributed by atoms with Crippen LogP contribution < -0.4 is 20.1 Å². The number of hydrogen-bond donors (Lipinski definition) is 2. The maximum absolute atomic E-state index is 12.9. The van der Waals surface area contributed by atoms with Crippen molar-refractivity contribution in [1.29, 1.82) is 0 Å². The number of pyridine rings is 1. The Labute approximate surface area is 168 Å². The number of carbonyl (C=O) groups excluding carboxylic acids is 2. The monoisotopic (exact) mass is 396 g/mol. The Morgan fingerprint density at radius 3 is 2.38 bits per heavy atom. The van der Waals surface area contributed by atoms with E-state index in [1.165, 1.54) is 14.2 Å². The molecular weight excluding hydrogens is 372 g/mol. The Hall–Kier alpha value is -3.55. The standard InChI is InChI=1S/C21H24N4O4/c1-21(2,3)24-20(27)18-23-17(14-8-6-7-11-25(14)18)19(26)22-13-9-10-15(28-4)16(12-13)29-5/h6-12H,1-5H3,(H,22,26)(H,24,27). The molecule has 0 spiro atoms. The Balaban J connectivity index is 1.95. The number of rotatable bonds is 5. The van der Waals surface area contributed by atoms with Gasteiger partial charge in [0.15, 0.2) is 17.2 Å². The zero-order valence-electron chi connectivity index (χ0n) is 17.1. The summed E-state index contributed by atoms with van der Waals surface area (Å²) in [6, 6.07) is 10.4. The van der Waals surface area contributed by atoms with Crippen LogP contribution in [0, 0.1) is 0 Å². The Kier molecular flexibility index (Phi) is 5.45. The molecule has 1 aromatic carbocycles. The number of methoxy groups -OCH3 is 2. The van der Waals surface area contributed by atoms with Gasteiger partial charge in [-0.25, -0.2) is 4.98 Å². The van der Waals surface area contributed by atoms with Crippen molar-refractivity contribution in [3.8, 4) is 11.5 Å². The van der Waals surface area contributed by atoms with Crippen LogP contribution >= 0.6 is 0 Å². The summed E-state index contributed by atoms with van der Waals surface area (Å²) in [5, 5.41) is 5.67. The number of amides is 2. The van der Waals surface area contributed by atoms with E-state index >= 15 is 0 Å². The number of ether oxygens (including phenoxy) is 2. The fraction of sp³-hybridized carbons (Fsp3) is 0.286. The summed E-state index contributed by atoms with van der Waals surface area (Å²) in [7, 11) is 3.06. The summed E-state index contributed by atoms with van der Waals surface area (Å²) in [5.41, 5.74) is 0.772. The van der Waals surface area contributed by atoms with Gasteiger partial charge in [-0.3, -0.25) is 14.0 Å². The van der Waals surface area contributed by atoms with Gasteiger partial charge in [0.2, 0.25) is 5.82 Å². The van der Waals surface area contributed by atoms with E-state index in [0.717, 1.165) is 0 Å². The van der Waals surface area contributed by atoms with Gasteiger partial charge in [-0.2, -0.15) is 0 Å². The first-order valence-electron chi connectivity index (χ1n) is 9.06. The van der Waals surface area contributed by atoms with Crippen molar-refractivity contribution < 1.29 is 19.1 Å². The van der Waals surface area contributed by atoms with Crippen LogP contribution in [0.5, 0.6) is 11.5 Å². The molecule has 2 N–H and O–H groups in total. The summed E-state index contributed by atoms with van der Waals surface area (Å²) in [5.74, 6) is 0.400. The molecule has 8 nitrogen and oxygen atoms in total. The van der Waals surface area contributed by atoms with Gasteiger partial charge in [0.1, 0.15) is 0 Å². The number of nitrogens with zero attached hydrogens (tertiary/aromatic N) is 2. The molecule has 2 aromatic heterocycles. The second-order valence-corrected chi connectivity index (χ2v) is 7.47. The van der Waals surface area contributed by atoms with E-state index in [4.69, 9.17) is 9.47 Å². The molecule has 0 unspecified atom stereocenters. The van der Waals surface area contributed by atoms with E-state index in [0.29, 0.717) is 22.7 Å². The molecule has 3 aromatic rings. The maximum Gasteiger partial charge on any atom is 0.288 e. The van der Waals surface area contributed by atoms with Crippen molar-refractivity contribution in [2.24, 2.45) is 0 Å². The van der Waals surface area contributed by atoms with Crippen molar-refractivity contribution in [2.45, 2.75) is 26.3 Å². The summed E-state index contributed by atoms with van der Waals surface area (Å²) in [6.45, 7) is 5.64. The molecule has 2 heterocycles. The first kappa shape index (κ1) is 20.2. The number of aromatic nitrogens is 2. The van der Waals surface area contributed by atoms with Crippen molar-refractivity contribution in [3.05, 3.63) is 54.1 Å².